The molecule has 1 unspecified atom stereocenters. The molecule has 5 rings (SSSR count). The topological polar surface area (TPSA) is 76.6 Å². The number of hydrogen-bond donors (Lipinski definition) is 0. The summed E-state index contributed by atoms with van der Waals surface area (Å²) >= 11 is 0. The van der Waals surface area contributed by atoms with Crippen molar-refractivity contribution in [3.63, 3.8) is 0 Å². The van der Waals surface area contributed by atoms with E-state index in [9.17, 15) is 5.26 Å². The summed E-state index contributed by atoms with van der Waals surface area (Å²) in [6.07, 6.45) is 8.70. The average molecular weight is 468 g/mol. The summed E-state index contributed by atoms with van der Waals surface area (Å²) in [5, 5.41) is 11.2. The van der Waals surface area contributed by atoms with E-state index in [2.05, 4.69) is 64.9 Å². The minimum absolute atomic E-state index is 0.480. The fourth-order valence-electron chi connectivity index (χ4n) is 4.69. The van der Waals surface area contributed by atoms with Crippen molar-refractivity contribution in [2.45, 2.75) is 50.7 Å². The SMILES string of the molecule is C[Si](C)(C)CCOCn1ccc2c(-c3cccc(C4(C#N)Cc5ccncc5C4)c3)ncnc21. The molecule has 0 bridgehead atoms. The van der Waals surface area contributed by atoms with Gasteiger partial charge in [-0.3, -0.25) is 4.98 Å². The van der Waals surface area contributed by atoms with Gasteiger partial charge in [0.15, 0.2) is 0 Å². The lowest BCUT2D eigenvalue weighted by atomic mass is 9.78. The van der Waals surface area contributed by atoms with E-state index in [-0.39, 0.29) is 0 Å². The maximum atomic E-state index is 10.2. The summed E-state index contributed by atoms with van der Waals surface area (Å²) in [6.45, 7) is 8.31. The number of benzene rings is 1. The highest BCUT2D eigenvalue weighted by Crippen LogP contribution is 2.40. The zero-order valence-electron chi connectivity index (χ0n) is 20.0. The van der Waals surface area contributed by atoms with Crippen LogP contribution < -0.4 is 0 Å². The molecule has 0 saturated heterocycles. The predicted molar refractivity (Wildman–Crippen MR) is 136 cm³/mol. The van der Waals surface area contributed by atoms with Gasteiger partial charge in [0.2, 0.25) is 0 Å². The molecule has 6 nitrogen and oxygen atoms in total. The number of nitriles is 1. The van der Waals surface area contributed by atoms with Crippen LogP contribution >= 0.6 is 0 Å². The Balaban J connectivity index is 1.44. The number of rotatable bonds is 7. The second-order valence-corrected chi connectivity index (χ2v) is 16.0. The molecule has 0 N–H and O–H groups in total. The summed E-state index contributed by atoms with van der Waals surface area (Å²) < 4.78 is 7.98. The summed E-state index contributed by atoms with van der Waals surface area (Å²) in [7, 11) is -1.12. The van der Waals surface area contributed by atoms with Crippen LogP contribution in [0.1, 0.15) is 16.7 Å². The first kappa shape index (κ1) is 22.4. The lowest BCUT2D eigenvalue weighted by Crippen LogP contribution is -2.24. The molecule has 1 aromatic carbocycles. The van der Waals surface area contributed by atoms with Crippen molar-refractivity contribution in [3.8, 4) is 17.3 Å². The molecule has 3 aromatic heterocycles. The summed E-state index contributed by atoms with van der Waals surface area (Å²) in [5.41, 5.74) is 5.53. The Kier molecular flexibility index (Phi) is 5.80. The first-order valence-corrected chi connectivity index (χ1v) is 15.4. The highest BCUT2D eigenvalue weighted by molar-refractivity contribution is 6.76. The van der Waals surface area contributed by atoms with Crippen LogP contribution in [-0.2, 0) is 29.7 Å². The van der Waals surface area contributed by atoms with Gasteiger partial charge in [-0.25, -0.2) is 9.97 Å². The van der Waals surface area contributed by atoms with Gasteiger partial charge >= 0.3 is 0 Å². The molecule has 0 spiro atoms. The van der Waals surface area contributed by atoms with E-state index < -0.39 is 13.5 Å². The van der Waals surface area contributed by atoms with E-state index >= 15 is 0 Å². The molecule has 1 aliphatic rings. The van der Waals surface area contributed by atoms with Crippen molar-refractivity contribution in [3.05, 3.63) is 78.0 Å². The number of aromatic nitrogens is 4. The van der Waals surface area contributed by atoms with Crippen molar-refractivity contribution in [2.24, 2.45) is 0 Å². The number of pyridine rings is 1. The molecule has 3 heterocycles. The highest BCUT2D eigenvalue weighted by atomic mass is 28.3. The van der Waals surface area contributed by atoms with Crippen LogP contribution in [0, 0.1) is 11.3 Å². The van der Waals surface area contributed by atoms with Crippen molar-refractivity contribution in [1.29, 1.82) is 5.26 Å². The number of nitrogens with zero attached hydrogens (tertiary/aromatic N) is 5. The Morgan fingerprint density at radius 3 is 2.76 bits per heavy atom. The third-order valence-electron chi connectivity index (χ3n) is 6.67. The van der Waals surface area contributed by atoms with Crippen molar-refractivity contribution in [1.82, 2.24) is 19.5 Å². The minimum atomic E-state index is -1.12. The Morgan fingerprint density at radius 2 is 1.97 bits per heavy atom. The Bertz CT molecular complexity index is 1360. The van der Waals surface area contributed by atoms with Crippen LogP contribution in [-0.4, -0.2) is 34.2 Å². The van der Waals surface area contributed by atoms with Crippen LogP contribution in [0.2, 0.25) is 25.7 Å². The maximum absolute atomic E-state index is 10.2. The standard InChI is InChI=1S/C27H29N5OSi/c1-34(2,3)12-11-33-19-32-10-8-24-25(30-18-31-26(24)32)20-5-4-6-23(13-20)27(17-28)14-21-7-9-29-16-22(21)15-27/h4-10,13,16,18H,11-12,14-15,19H2,1-3H3. The molecule has 0 radical (unpaired) electrons. The summed E-state index contributed by atoms with van der Waals surface area (Å²) in [4.78, 5) is 13.4. The molecular weight excluding hydrogens is 438 g/mol. The Morgan fingerprint density at radius 1 is 1.12 bits per heavy atom. The zero-order valence-corrected chi connectivity index (χ0v) is 21.0. The number of ether oxygens (including phenoxy) is 1. The van der Waals surface area contributed by atoms with Crippen molar-refractivity contribution in [2.75, 3.05) is 6.61 Å². The molecule has 1 atom stereocenters. The first-order valence-electron chi connectivity index (χ1n) is 11.7. The fourth-order valence-corrected chi connectivity index (χ4v) is 5.45. The molecule has 0 amide bonds. The van der Waals surface area contributed by atoms with E-state index in [1.165, 1.54) is 5.56 Å². The van der Waals surface area contributed by atoms with E-state index in [1.54, 1.807) is 12.5 Å². The Hall–Kier alpha value is -3.34. The molecule has 172 valence electrons. The largest absolute Gasteiger partial charge is 0.361 e. The second-order valence-electron chi connectivity index (χ2n) is 10.4. The van der Waals surface area contributed by atoms with E-state index in [0.717, 1.165) is 46.1 Å². The van der Waals surface area contributed by atoms with Crippen LogP contribution in [0.25, 0.3) is 22.3 Å². The molecule has 1 aliphatic carbocycles. The quantitative estimate of drug-likeness (QED) is 0.270. The lowest BCUT2D eigenvalue weighted by Gasteiger charge is -2.21. The number of hydrogen-bond acceptors (Lipinski definition) is 5. The van der Waals surface area contributed by atoms with Gasteiger partial charge in [0.1, 0.15) is 18.7 Å². The van der Waals surface area contributed by atoms with Crippen LogP contribution in [0.3, 0.4) is 0 Å². The van der Waals surface area contributed by atoms with Crippen molar-refractivity contribution >= 4 is 19.1 Å². The van der Waals surface area contributed by atoms with Gasteiger partial charge in [0.05, 0.1) is 17.2 Å². The summed E-state index contributed by atoms with van der Waals surface area (Å²) in [5.74, 6) is 0. The van der Waals surface area contributed by atoms with E-state index in [4.69, 9.17) is 4.74 Å². The van der Waals surface area contributed by atoms with Crippen LogP contribution in [0.15, 0.2) is 61.3 Å². The normalized spacial score (nSPS) is 17.6. The maximum Gasteiger partial charge on any atom is 0.145 e. The van der Waals surface area contributed by atoms with Gasteiger partial charge in [-0.1, -0.05) is 37.8 Å². The van der Waals surface area contributed by atoms with E-state index in [1.807, 2.05) is 29.1 Å². The van der Waals surface area contributed by atoms with Crippen LogP contribution in [0.5, 0.6) is 0 Å². The molecule has 34 heavy (non-hydrogen) atoms. The van der Waals surface area contributed by atoms with Gasteiger partial charge < -0.3 is 9.30 Å². The zero-order chi connectivity index (χ0) is 23.8. The van der Waals surface area contributed by atoms with Gasteiger partial charge in [-0.2, -0.15) is 5.26 Å². The summed E-state index contributed by atoms with van der Waals surface area (Å²) in [6, 6.07) is 16.1. The molecule has 7 heteroatoms. The van der Waals surface area contributed by atoms with Gasteiger partial charge in [0, 0.05) is 44.2 Å². The monoisotopic (exact) mass is 467 g/mol. The fraction of sp³-hybridized carbons (Fsp3) is 0.333. The average Bonchev–Trinajstić information content (AvgIpc) is 3.43. The predicted octanol–water partition coefficient (Wildman–Crippen LogP) is 5.37. The third kappa shape index (κ3) is 4.27. The van der Waals surface area contributed by atoms with Gasteiger partial charge in [-0.05, 0) is 53.8 Å². The lowest BCUT2D eigenvalue weighted by molar-refractivity contribution is 0.0899. The molecular formula is C27H29N5OSi. The smallest absolute Gasteiger partial charge is 0.145 e. The van der Waals surface area contributed by atoms with Crippen molar-refractivity contribution < 1.29 is 4.74 Å². The minimum Gasteiger partial charge on any atom is -0.361 e. The third-order valence-corrected chi connectivity index (χ3v) is 8.38. The molecule has 0 fully saturated rings. The molecule has 0 saturated carbocycles. The first-order chi connectivity index (χ1) is 16.4. The second kappa shape index (κ2) is 8.78. The molecule has 0 aliphatic heterocycles. The number of fused-ring (bicyclic) bond motifs is 2. The van der Waals surface area contributed by atoms with Gasteiger partial charge in [-0.15, -0.1) is 0 Å². The molecule has 4 aromatic rings. The Labute approximate surface area is 201 Å². The van der Waals surface area contributed by atoms with E-state index in [0.29, 0.717) is 19.6 Å². The van der Waals surface area contributed by atoms with Crippen LogP contribution in [0.4, 0.5) is 0 Å². The highest BCUT2D eigenvalue weighted by Gasteiger charge is 2.39. The van der Waals surface area contributed by atoms with Gasteiger partial charge in [0.25, 0.3) is 0 Å².